The summed E-state index contributed by atoms with van der Waals surface area (Å²) in [6.07, 6.45) is -3.74. The topological polar surface area (TPSA) is 24.9 Å². The molecule has 0 aliphatic heterocycles. The standard InChI is InChI=1S/C15H14ClF3N2/c1-10-3-2-4-11(7-10)5-6-20-14-9-12(15(17,18)19)8-13(16)21-14/h2-4,7-9H,5-6H2,1H3,(H,20,21). The van der Waals surface area contributed by atoms with E-state index in [0.717, 1.165) is 23.3 Å². The monoisotopic (exact) mass is 314 g/mol. The Kier molecular flexibility index (Phi) is 4.73. The van der Waals surface area contributed by atoms with E-state index < -0.39 is 11.7 Å². The van der Waals surface area contributed by atoms with E-state index in [4.69, 9.17) is 11.6 Å². The van der Waals surface area contributed by atoms with Crippen molar-refractivity contribution in [2.24, 2.45) is 0 Å². The van der Waals surface area contributed by atoms with Gasteiger partial charge in [-0.3, -0.25) is 0 Å². The zero-order valence-electron chi connectivity index (χ0n) is 11.3. The summed E-state index contributed by atoms with van der Waals surface area (Å²) in [7, 11) is 0. The van der Waals surface area contributed by atoms with E-state index in [1.165, 1.54) is 0 Å². The lowest BCUT2D eigenvalue weighted by Gasteiger charge is -2.11. The number of nitrogens with one attached hydrogen (secondary N) is 1. The second-order valence-electron chi connectivity index (χ2n) is 4.73. The van der Waals surface area contributed by atoms with Crippen molar-refractivity contribution in [2.75, 3.05) is 11.9 Å². The van der Waals surface area contributed by atoms with Crippen molar-refractivity contribution in [1.82, 2.24) is 4.98 Å². The predicted octanol–water partition coefficient (Wildman–Crippen LogP) is 4.72. The highest BCUT2D eigenvalue weighted by Crippen LogP contribution is 2.31. The van der Waals surface area contributed by atoms with Gasteiger partial charge in [0, 0.05) is 6.54 Å². The summed E-state index contributed by atoms with van der Waals surface area (Å²) < 4.78 is 38.0. The van der Waals surface area contributed by atoms with Gasteiger partial charge < -0.3 is 5.32 Å². The van der Waals surface area contributed by atoms with Gasteiger partial charge in [-0.25, -0.2) is 4.98 Å². The molecule has 2 rings (SSSR count). The maximum atomic E-state index is 12.7. The molecule has 6 heteroatoms. The minimum absolute atomic E-state index is 0.127. The Labute approximate surface area is 126 Å². The van der Waals surface area contributed by atoms with Gasteiger partial charge in [-0.15, -0.1) is 0 Å². The molecular weight excluding hydrogens is 301 g/mol. The molecule has 0 saturated carbocycles. The molecule has 0 unspecified atom stereocenters. The van der Waals surface area contributed by atoms with Gasteiger partial charge in [-0.1, -0.05) is 41.4 Å². The fraction of sp³-hybridized carbons (Fsp3) is 0.267. The molecule has 1 aromatic carbocycles. The van der Waals surface area contributed by atoms with Crippen LogP contribution in [0, 0.1) is 6.92 Å². The van der Waals surface area contributed by atoms with Crippen LogP contribution in [0.5, 0.6) is 0 Å². The van der Waals surface area contributed by atoms with Crippen molar-refractivity contribution in [3.8, 4) is 0 Å². The lowest BCUT2D eigenvalue weighted by atomic mass is 10.1. The quantitative estimate of drug-likeness (QED) is 0.826. The first-order valence-electron chi connectivity index (χ1n) is 6.39. The summed E-state index contributed by atoms with van der Waals surface area (Å²) in [5.41, 5.74) is 1.45. The highest BCUT2D eigenvalue weighted by atomic mass is 35.5. The number of aryl methyl sites for hydroxylation is 1. The zero-order valence-corrected chi connectivity index (χ0v) is 12.1. The Morgan fingerprint density at radius 3 is 2.62 bits per heavy atom. The van der Waals surface area contributed by atoms with Gasteiger partial charge in [0.25, 0.3) is 0 Å². The van der Waals surface area contributed by atoms with Gasteiger partial charge in [-0.2, -0.15) is 13.2 Å². The largest absolute Gasteiger partial charge is 0.416 e. The number of alkyl halides is 3. The predicted molar refractivity (Wildman–Crippen MR) is 77.6 cm³/mol. The first-order valence-corrected chi connectivity index (χ1v) is 6.76. The van der Waals surface area contributed by atoms with Crippen LogP contribution in [0.2, 0.25) is 5.15 Å². The van der Waals surface area contributed by atoms with Crippen molar-refractivity contribution >= 4 is 17.4 Å². The van der Waals surface area contributed by atoms with E-state index >= 15 is 0 Å². The second-order valence-corrected chi connectivity index (χ2v) is 5.11. The maximum Gasteiger partial charge on any atom is 0.416 e. The number of anilines is 1. The van der Waals surface area contributed by atoms with Crippen LogP contribution in [-0.2, 0) is 12.6 Å². The van der Waals surface area contributed by atoms with E-state index in [1.54, 1.807) is 0 Å². The van der Waals surface area contributed by atoms with Crippen LogP contribution < -0.4 is 5.32 Å². The number of hydrogen-bond donors (Lipinski definition) is 1. The lowest BCUT2D eigenvalue weighted by molar-refractivity contribution is -0.137. The Morgan fingerprint density at radius 1 is 1.19 bits per heavy atom. The molecule has 0 saturated heterocycles. The van der Waals surface area contributed by atoms with Crippen molar-refractivity contribution in [1.29, 1.82) is 0 Å². The number of nitrogens with zero attached hydrogens (tertiary/aromatic N) is 1. The number of rotatable bonds is 4. The molecule has 1 aromatic heterocycles. The van der Waals surface area contributed by atoms with Crippen LogP contribution in [0.3, 0.4) is 0 Å². The summed E-state index contributed by atoms with van der Waals surface area (Å²) in [5, 5.41) is 2.69. The number of aromatic nitrogens is 1. The van der Waals surface area contributed by atoms with Gasteiger partial charge >= 0.3 is 6.18 Å². The van der Waals surface area contributed by atoms with Crippen LogP contribution in [0.15, 0.2) is 36.4 Å². The summed E-state index contributed by atoms with van der Waals surface area (Å²) in [5.74, 6) is 0.127. The minimum Gasteiger partial charge on any atom is -0.370 e. The molecular formula is C15H14ClF3N2. The van der Waals surface area contributed by atoms with Crippen LogP contribution in [0.25, 0.3) is 0 Å². The average molecular weight is 315 g/mol. The van der Waals surface area contributed by atoms with Gasteiger partial charge in [0.15, 0.2) is 0 Å². The SMILES string of the molecule is Cc1cccc(CCNc2cc(C(F)(F)F)cc(Cl)n2)c1. The highest BCUT2D eigenvalue weighted by molar-refractivity contribution is 6.29. The molecule has 0 radical (unpaired) electrons. The summed E-state index contributed by atoms with van der Waals surface area (Å²) >= 11 is 5.62. The smallest absolute Gasteiger partial charge is 0.370 e. The Bertz CT molecular complexity index is 627. The Morgan fingerprint density at radius 2 is 1.95 bits per heavy atom. The van der Waals surface area contributed by atoms with Crippen molar-refractivity contribution in [3.63, 3.8) is 0 Å². The van der Waals surface area contributed by atoms with Crippen molar-refractivity contribution in [2.45, 2.75) is 19.5 Å². The minimum atomic E-state index is -4.43. The van der Waals surface area contributed by atoms with Gasteiger partial charge in [-0.05, 0) is 31.0 Å². The number of halogens is 4. The molecule has 2 aromatic rings. The molecule has 1 N–H and O–H groups in total. The normalized spacial score (nSPS) is 11.5. The second kappa shape index (κ2) is 6.35. The average Bonchev–Trinajstić information content (AvgIpc) is 2.37. The van der Waals surface area contributed by atoms with Gasteiger partial charge in [0.05, 0.1) is 5.56 Å². The molecule has 0 fully saturated rings. The molecule has 0 aliphatic rings. The molecule has 21 heavy (non-hydrogen) atoms. The van der Waals surface area contributed by atoms with Crippen LogP contribution >= 0.6 is 11.6 Å². The van der Waals surface area contributed by atoms with Gasteiger partial charge in [0.1, 0.15) is 11.0 Å². The first-order chi connectivity index (χ1) is 9.84. The Hall–Kier alpha value is -1.75. The van der Waals surface area contributed by atoms with Crippen LogP contribution in [0.1, 0.15) is 16.7 Å². The van der Waals surface area contributed by atoms with Crippen LogP contribution in [-0.4, -0.2) is 11.5 Å². The maximum absolute atomic E-state index is 12.7. The van der Waals surface area contributed by atoms with Gasteiger partial charge in [0.2, 0.25) is 0 Å². The van der Waals surface area contributed by atoms with Crippen LogP contribution in [0.4, 0.5) is 19.0 Å². The summed E-state index contributed by atoms with van der Waals surface area (Å²) in [4.78, 5) is 3.85. The summed E-state index contributed by atoms with van der Waals surface area (Å²) in [6, 6.07) is 9.72. The number of hydrogen-bond acceptors (Lipinski definition) is 2. The third kappa shape index (κ3) is 4.63. The van der Waals surface area contributed by atoms with Crippen molar-refractivity contribution < 1.29 is 13.2 Å². The fourth-order valence-electron chi connectivity index (χ4n) is 1.95. The molecule has 0 bridgehead atoms. The fourth-order valence-corrected chi connectivity index (χ4v) is 2.16. The molecule has 0 amide bonds. The van der Waals surface area contributed by atoms with E-state index in [1.807, 2.05) is 31.2 Å². The lowest BCUT2D eigenvalue weighted by Crippen LogP contribution is -2.10. The molecule has 2 nitrogen and oxygen atoms in total. The third-order valence-electron chi connectivity index (χ3n) is 2.92. The number of benzene rings is 1. The van der Waals surface area contributed by atoms with E-state index in [-0.39, 0.29) is 11.0 Å². The van der Waals surface area contributed by atoms with E-state index in [2.05, 4.69) is 10.3 Å². The molecule has 1 heterocycles. The highest BCUT2D eigenvalue weighted by Gasteiger charge is 2.31. The molecule has 112 valence electrons. The molecule has 0 aliphatic carbocycles. The zero-order chi connectivity index (χ0) is 15.5. The van der Waals surface area contributed by atoms with E-state index in [0.29, 0.717) is 13.0 Å². The van der Waals surface area contributed by atoms with E-state index in [9.17, 15) is 13.2 Å². The van der Waals surface area contributed by atoms with Crippen molar-refractivity contribution in [3.05, 3.63) is 58.2 Å². The third-order valence-corrected chi connectivity index (χ3v) is 3.12. The Balaban J connectivity index is 2.02. The first kappa shape index (κ1) is 15.6. The number of pyridine rings is 1. The molecule has 0 atom stereocenters. The summed E-state index contributed by atoms with van der Waals surface area (Å²) in [6.45, 7) is 2.47. The molecule has 0 spiro atoms.